The maximum Gasteiger partial charge on any atom is 0.259 e. The van der Waals surface area contributed by atoms with Gasteiger partial charge < -0.3 is 19.1 Å². The van der Waals surface area contributed by atoms with Gasteiger partial charge in [-0.05, 0) is 6.07 Å². The van der Waals surface area contributed by atoms with Gasteiger partial charge in [0.2, 0.25) is 11.8 Å². The van der Waals surface area contributed by atoms with Crippen molar-refractivity contribution < 1.29 is 19.0 Å². The second kappa shape index (κ2) is 7.07. The van der Waals surface area contributed by atoms with Crippen LogP contribution in [-0.2, 0) is 16.9 Å². The maximum atomic E-state index is 13.0. The number of amides is 1. The Morgan fingerprint density at radius 2 is 1.87 bits per heavy atom. The molecule has 1 amide bonds. The van der Waals surface area contributed by atoms with Crippen molar-refractivity contribution in [1.29, 1.82) is 0 Å². The molecule has 2 aliphatic rings. The van der Waals surface area contributed by atoms with E-state index in [0.717, 1.165) is 16.8 Å². The van der Waals surface area contributed by atoms with Crippen molar-refractivity contribution in [3.05, 3.63) is 65.5 Å². The van der Waals surface area contributed by atoms with Gasteiger partial charge in [-0.15, -0.1) is 0 Å². The van der Waals surface area contributed by atoms with Crippen LogP contribution in [0.25, 0.3) is 11.4 Å². The third kappa shape index (κ3) is 2.88. The standard InChI is InChI=1S/C22H20N4O4/c1-28-18-9-8-15(20(25-18)29-2)21(27)26-12-22(13-26)16-10-23-19(24-17(16)11-30-22)14-6-4-3-5-7-14/h3-10H,11-13H2,1-2H3. The monoisotopic (exact) mass is 404 g/mol. The highest BCUT2D eigenvalue weighted by Crippen LogP contribution is 2.43. The van der Waals surface area contributed by atoms with Gasteiger partial charge >= 0.3 is 0 Å². The van der Waals surface area contributed by atoms with E-state index in [1.54, 1.807) is 17.0 Å². The fourth-order valence-corrected chi connectivity index (χ4v) is 3.92. The molecule has 1 saturated heterocycles. The van der Waals surface area contributed by atoms with Gasteiger partial charge in [-0.25, -0.2) is 9.97 Å². The molecule has 2 aromatic heterocycles. The molecule has 2 aliphatic heterocycles. The number of benzene rings is 1. The van der Waals surface area contributed by atoms with E-state index < -0.39 is 5.60 Å². The van der Waals surface area contributed by atoms with E-state index in [1.165, 1.54) is 14.2 Å². The molecule has 3 aromatic rings. The third-order valence-corrected chi connectivity index (χ3v) is 5.52. The molecule has 1 fully saturated rings. The van der Waals surface area contributed by atoms with Crippen LogP contribution in [0.4, 0.5) is 0 Å². The average Bonchev–Trinajstić information content (AvgIpc) is 3.17. The smallest absolute Gasteiger partial charge is 0.259 e. The maximum absolute atomic E-state index is 13.0. The number of hydrogen-bond acceptors (Lipinski definition) is 7. The molecule has 0 atom stereocenters. The van der Waals surface area contributed by atoms with Crippen LogP contribution in [0.2, 0.25) is 0 Å². The van der Waals surface area contributed by atoms with Crippen LogP contribution < -0.4 is 9.47 Å². The fraction of sp³-hybridized carbons (Fsp3) is 0.273. The Labute approximate surface area is 173 Å². The number of rotatable bonds is 4. The molecule has 0 N–H and O–H groups in total. The second-order valence-corrected chi connectivity index (χ2v) is 7.27. The van der Waals surface area contributed by atoms with Crippen LogP contribution in [0.5, 0.6) is 11.8 Å². The molecule has 0 saturated carbocycles. The lowest BCUT2D eigenvalue weighted by molar-refractivity contribution is -0.126. The SMILES string of the molecule is COc1ccc(C(=O)N2CC3(C2)OCc2nc(-c4ccccc4)ncc23)c(OC)n1. The number of carbonyl (C=O) groups excluding carboxylic acids is 1. The van der Waals surface area contributed by atoms with Crippen molar-refractivity contribution in [2.45, 2.75) is 12.2 Å². The van der Waals surface area contributed by atoms with E-state index in [1.807, 2.05) is 36.5 Å². The first-order chi connectivity index (χ1) is 14.6. The summed E-state index contributed by atoms with van der Waals surface area (Å²) in [6.45, 7) is 1.28. The van der Waals surface area contributed by atoms with Gasteiger partial charge in [0.1, 0.15) is 11.2 Å². The van der Waals surface area contributed by atoms with Crippen molar-refractivity contribution >= 4 is 5.91 Å². The number of fused-ring (bicyclic) bond motifs is 2. The highest BCUT2D eigenvalue weighted by atomic mass is 16.5. The third-order valence-electron chi connectivity index (χ3n) is 5.52. The molecule has 0 aliphatic carbocycles. The average molecular weight is 404 g/mol. The minimum atomic E-state index is -0.548. The number of aromatic nitrogens is 3. The summed E-state index contributed by atoms with van der Waals surface area (Å²) in [6, 6.07) is 13.1. The number of ether oxygens (including phenoxy) is 3. The largest absolute Gasteiger partial charge is 0.481 e. The Morgan fingerprint density at radius 1 is 1.07 bits per heavy atom. The molecule has 1 spiro atoms. The summed E-state index contributed by atoms with van der Waals surface area (Å²) in [5.41, 5.74) is 2.63. The summed E-state index contributed by atoms with van der Waals surface area (Å²) in [5.74, 6) is 1.15. The molecule has 1 aromatic carbocycles. The molecule has 8 heteroatoms. The number of likely N-dealkylation sites (tertiary alicyclic amines) is 1. The van der Waals surface area contributed by atoms with Crippen molar-refractivity contribution in [3.8, 4) is 23.1 Å². The van der Waals surface area contributed by atoms with E-state index in [0.29, 0.717) is 37.0 Å². The number of carbonyl (C=O) groups is 1. The van der Waals surface area contributed by atoms with Gasteiger partial charge in [0.15, 0.2) is 5.82 Å². The fourth-order valence-electron chi connectivity index (χ4n) is 3.92. The molecular weight excluding hydrogens is 384 g/mol. The highest BCUT2D eigenvalue weighted by molar-refractivity contribution is 5.97. The van der Waals surface area contributed by atoms with Crippen molar-refractivity contribution in [2.24, 2.45) is 0 Å². The van der Waals surface area contributed by atoms with Crippen molar-refractivity contribution in [2.75, 3.05) is 27.3 Å². The Bertz CT molecular complexity index is 1110. The van der Waals surface area contributed by atoms with Crippen LogP contribution >= 0.6 is 0 Å². The number of methoxy groups -OCH3 is 2. The molecule has 5 rings (SSSR count). The van der Waals surface area contributed by atoms with E-state index in [4.69, 9.17) is 19.2 Å². The van der Waals surface area contributed by atoms with E-state index in [2.05, 4.69) is 9.97 Å². The van der Waals surface area contributed by atoms with E-state index in [-0.39, 0.29) is 11.8 Å². The number of pyridine rings is 1. The van der Waals surface area contributed by atoms with Crippen molar-refractivity contribution in [3.63, 3.8) is 0 Å². The molecule has 0 unspecified atom stereocenters. The summed E-state index contributed by atoms with van der Waals surface area (Å²) in [4.78, 5) is 28.1. The zero-order valence-electron chi connectivity index (χ0n) is 16.7. The minimum Gasteiger partial charge on any atom is -0.481 e. The summed E-state index contributed by atoms with van der Waals surface area (Å²) < 4.78 is 16.4. The van der Waals surface area contributed by atoms with Crippen LogP contribution in [0, 0.1) is 0 Å². The predicted octanol–water partition coefficient (Wildman–Crippen LogP) is 2.44. The summed E-state index contributed by atoms with van der Waals surface area (Å²) >= 11 is 0. The zero-order chi connectivity index (χ0) is 20.7. The molecule has 4 heterocycles. The molecular formula is C22H20N4O4. The van der Waals surface area contributed by atoms with Gasteiger partial charge in [0.05, 0.1) is 39.6 Å². The van der Waals surface area contributed by atoms with Crippen LogP contribution in [-0.4, -0.2) is 53.1 Å². The Balaban J connectivity index is 1.36. The Hall–Kier alpha value is -3.52. The molecule has 0 radical (unpaired) electrons. The first-order valence-corrected chi connectivity index (χ1v) is 9.57. The molecule has 8 nitrogen and oxygen atoms in total. The van der Waals surface area contributed by atoms with Crippen molar-refractivity contribution in [1.82, 2.24) is 19.9 Å². The normalized spacial score (nSPS) is 16.1. The Kier molecular flexibility index (Phi) is 4.36. The summed E-state index contributed by atoms with van der Waals surface area (Å²) in [6.07, 6.45) is 1.83. The molecule has 30 heavy (non-hydrogen) atoms. The van der Waals surface area contributed by atoms with E-state index >= 15 is 0 Å². The van der Waals surface area contributed by atoms with Gasteiger partial charge in [0.25, 0.3) is 5.91 Å². The van der Waals surface area contributed by atoms with Gasteiger partial charge in [-0.2, -0.15) is 4.98 Å². The second-order valence-electron chi connectivity index (χ2n) is 7.27. The predicted molar refractivity (Wildman–Crippen MR) is 107 cm³/mol. The highest BCUT2D eigenvalue weighted by Gasteiger charge is 2.53. The van der Waals surface area contributed by atoms with Crippen LogP contribution in [0.1, 0.15) is 21.6 Å². The first-order valence-electron chi connectivity index (χ1n) is 9.57. The molecule has 0 bridgehead atoms. The number of hydrogen-bond donors (Lipinski definition) is 0. The lowest BCUT2D eigenvalue weighted by atomic mass is 9.87. The first kappa shape index (κ1) is 18.5. The summed E-state index contributed by atoms with van der Waals surface area (Å²) in [5, 5.41) is 0. The minimum absolute atomic E-state index is 0.161. The topological polar surface area (TPSA) is 86.7 Å². The van der Waals surface area contributed by atoms with Crippen LogP contribution in [0.15, 0.2) is 48.7 Å². The van der Waals surface area contributed by atoms with Gasteiger partial charge in [0, 0.05) is 23.4 Å². The Morgan fingerprint density at radius 3 is 2.60 bits per heavy atom. The number of nitrogens with zero attached hydrogens (tertiary/aromatic N) is 4. The quantitative estimate of drug-likeness (QED) is 0.660. The lowest BCUT2D eigenvalue weighted by Gasteiger charge is -2.47. The lowest BCUT2D eigenvalue weighted by Crippen LogP contribution is -2.61. The molecule has 152 valence electrons. The van der Waals surface area contributed by atoms with E-state index in [9.17, 15) is 4.79 Å². The van der Waals surface area contributed by atoms with Crippen LogP contribution in [0.3, 0.4) is 0 Å². The van der Waals surface area contributed by atoms with Gasteiger partial charge in [-0.3, -0.25) is 4.79 Å². The van der Waals surface area contributed by atoms with Gasteiger partial charge in [-0.1, -0.05) is 30.3 Å². The zero-order valence-corrected chi connectivity index (χ0v) is 16.7. The summed E-state index contributed by atoms with van der Waals surface area (Å²) in [7, 11) is 3.00.